The SMILES string of the molecule is CCCCNC(=O)c1c(I)cc(I)c(OC(CC)C(=O)[O-])c1I.[Na+]. The Balaban J connectivity index is 0.00000529. The van der Waals surface area contributed by atoms with Gasteiger partial charge >= 0.3 is 29.6 Å². The molecule has 1 amide bonds. The minimum absolute atomic E-state index is 0. The molecule has 0 aliphatic rings. The van der Waals surface area contributed by atoms with E-state index in [0.29, 0.717) is 27.8 Å². The van der Waals surface area contributed by atoms with E-state index in [-0.39, 0.29) is 35.5 Å². The third-order valence-electron chi connectivity index (χ3n) is 3.06. The van der Waals surface area contributed by atoms with Crippen molar-refractivity contribution in [2.24, 2.45) is 0 Å². The molecule has 0 saturated carbocycles. The number of amides is 1. The van der Waals surface area contributed by atoms with Crippen LogP contribution in [0.4, 0.5) is 0 Å². The maximum atomic E-state index is 12.4. The average Bonchev–Trinajstić information content (AvgIpc) is 2.46. The smallest absolute Gasteiger partial charge is 0.546 e. The molecule has 1 N–H and O–H groups in total. The summed E-state index contributed by atoms with van der Waals surface area (Å²) in [5, 5.41) is 14.0. The van der Waals surface area contributed by atoms with Crippen molar-refractivity contribution in [2.45, 2.75) is 39.2 Å². The van der Waals surface area contributed by atoms with Crippen LogP contribution in [0.25, 0.3) is 0 Å². The van der Waals surface area contributed by atoms with E-state index in [1.165, 1.54) is 0 Å². The fraction of sp³-hybridized carbons (Fsp3) is 0.467. The van der Waals surface area contributed by atoms with Crippen LogP contribution in [0.3, 0.4) is 0 Å². The Labute approximate surface area is 205 Å². The minimum atomic E-state index is -1.26. The molecule has 0 aliphatic heterocycles. The molecule has 128 valence electrons. The summed E-state index contributed by atoms with van der Waals surface area (Å²) in [6.07, 6.45) is 1.17. The molecule has 0 bridgehead atoms. The van der Waals surface area contributed by atoms with Gasteiger partial charge in [0, 0.05) is 10.1 Å². The van der Waals surface area contributed by atoms with Crippen molar-refractivity contribution in [2.75, 3.05) is 6.54 Å². The Bertz CT molecular complexity index is 599. The van der Waals surface area contributed by atoms with E-state index in [0.717, 1.165) is 20.0 Å². The Morgan fingerprint density at radius 2 is 1.88 bits per heavy atom. The standard InChI is InChI=1S/C15H18I3NO4.Na/c1-3-5-6-19-14(20)11-8(16)7-9(17)13(12(11)18)23-10(4-2)15(21)22;/h7,10H,3-6H2,1-2H3,(H,19,20)(H,21,22);/q;+1/p-1. The van der Waals surface area contributed by atoms with Crippen molar-refractivity contribution < 1.29 is 49.0 Å². The zero-order valence-electron chi connectivity index (χ0n) is 13.8. The molecule has 1 aromatic rings. The Morgan fingerprint density at radius 3 is 2.38 bits per heavy atom. The Hall–Kier alpha value is 1.15. The van der Waals surface area contributed by atoms with E-state index >= 15 is 0 Å². The molecule has 0 aliphatic carbocycles. The van der Waals surface area contributed by atoms with Gasteiger partial charge in [0.2, 0.25) is 0 Å². The molecular formula is C15H17I3NNaO4. The first-order valence-electron chi connectivity index (χ1n) is 7.16. The first-order valence-corrected chi connectivity index (χ1v) is 10.4. The number of hydrogen-bond donors (Lipinski definition) is 1. The van der Waals surface area contributed by atoms with Crippen molar-refractivity contribution in [1.82, 2.24) is 5.32 Å². The number of rotatable bonds is 8. The first kappa shape index (κ1) is 25.1. The fourth-order valence-corrected chi connectivity index (χ4v) is 5.91. The van der Waals surface area contributed by atoms with Gasteiger partial charge in [-0.3, -0.25) is 4.79 Å². The van der Waals surface area contributed by atoms with Crippen LogP contribution in [0.2, 0.25) is 0 Å². The maximum Gasteiger partial charge on any atom is 1.00 e. The van der Waals surface area contributed by atoms with Gasteiger partial charge in [-0.1, -0.05) is 20.3 Å². The fourth-order valence-electron chi connectivity index (χ4n) is 1.80. The molecule has 1 atom stereocenters. The predicted octanol–water partition coefficient (Wildman–Crippen LogP) is -0.0584. The monoisotopic (exact) mass is 679 g/mol. The largest absolute Gasteiger partial charge is 1.00 e. The number of unbranched alkanes of at least 4 members (excludes halogenated alkanes) is 1. The van der Waals surface area contributed by atoms with Crippen LogP contribution >= 0.6 is 67.8 Å². The van der Waals surface area contributed by atoms with E-state index in [1.54, 1.807) is 6.92 Å². The summed E-state index contributed by atoms with van der Waals surface area (Å²) in [5.41, 5.74) is 0.519. The van der Waals surface area contributed by atoms with Gasteiger partial charge in [0.1, 0.15) is 11.9 Å². The van der Waals surface area contributed by atoms with Gasteiger partial charge in [-0.2, -0.15) is 0 Å². The van der Waals surface area contributed by atoms with Crippen LogP contribution in [-0.4, -0.2) is 24.5 Å². The number of carboxylic acid groups (broad SMARTS) is 1. The average molecular weight is 679 g/mol. The van der Waals surface area contributed by atoms with Crippen LogP contribution in [0.1, 0.15) is 43.5 Å². The van der Waals surface area contributed by atoms with Gasteiger partial charge in [0.05, 0.1) is 18.7 Å². The van der Waals surface area contributed by atoms with Crippen LogP contribution in [0.15, 0.2) is 6.07 Å². The van der Waals surface area contributed by atoms with Gasteiger partial charge < -0.3 is 20.0 Å². The Morgan fingerprint density at radius 1 is 1.25 bits per heavy atom. The summed E-state index contributed by atoms with van der Waals surface area (Å²) in [6, 6.07) is 1.81. The summed E-state index contributed by atoms with van der Waals surface area (Å²) in [5.74, 6) is -1.01. The molecule has 1 unspecified atom stereocenters. The zero-order chi connectivity index (χ0) is 17.6. The molecule has 0 heterocycles. The maximum absolute atomic E-state index is 12.4. The van der Waals surface area contributed by atoms with Crippen molar-refractivity contribution in [3.63, 3.8) is 0 Å². The molecule has 9 heteroatoms. The number of carboxylic acids is 1. The molecule has 0 saturated heterocycles. The van der Waals surface area contributed by atoms with E-state index in [2.05, 4.69) is 57.4 Å². The number of carbonyl (C=O) groups excluding carboxylic acids is 2. The summed E-state index contributed by atoms with van der Waals surface area (Å²) in [6.45, 7) is 4.38. The molecule has 1 rings (SSSR count). The van der Waals surface area contributed by atoms with E-state index in [4.69, 9.17) is 4.74 Å². The van der Waals surface area contributed by atoms with Crippen LogP contribution < -0.4 is 44.7 Å². The van der Waals surface area contributed by atoms with Crippen LogP contribution in [-0.2, 0) is 4.79 Å². The molecule has 0 fully saturated rings. The molecule has 0 spiro atoms. The second-order valence-electron chi connectivity index (χ2n) is 4.80. The third-order valence-corrected chi connectivity index (χ3v) is 5.75. The number of nitrogens with one attached hydrogen (secondary N) is 1. The van der Waals surface area contributed by atoms with Gasteiger partial charge in [-0.05, 0) is 86.7 Å². The van der Waals surface area contributed by atoms with Crippen molar-refractivity contribution in [3.05, 3.63) is 22.3 Å². The topological polar surface area (TPSA) is 78.5 Å². The third kappa shape index (κ3) is 7.05. The zero-order valence-corrected chi connectivity index (χ0v) is 22.2. The number of carbonyl (C=O) groups is 2. The Kier molecular flexibility index (Phi) is 13.1. The van der Waals surface area contributed by atoms with Gasteiger partial charge in [-0.15, -0.1) is 0 Å². The number of halogens is 3. The molecule has 24 heavy (non-hydrogen) atoms. The van der Waals surface area contributed by atoms with Crippen molar-refractivity contribution in [1.29, 1.82) is 0 Å². The quantitative estimate of drug-likeness (QED) is 0.238. The number of ether oxygens (including phenoxy) is 1. The molecule has 5 nitrogen and oxygen atoms in total. The van der Waals surface area contributed by atoms with Crippen LogP contribution in [0.5, 0.6) is 5.75 Å². The van der Waals surface area contributed by atoms with Crippen molar-refractivity contribution >= 4 is 79.6 Å². The number of benzene rings is 1. The number of hydrogen-bond acceptors (Lipinski definition) is 4. The van der Waals surface area contributed by atoms with E-state index in [9.17, 15) is 14.7 Å². The van der Waals surface area contributed by atoms with E-state index in [1.807, 2.05) is 28.7 Å². The molecule has 0 aromatic heterocycles. The molecule has 0 radical (unpaired) electrons. The second kappa shape index (κ2) is 12.5. The van der Waals surface area contributed by atoms with Gasteiger partial charge in [0.15, 0.2) is 0 Å². The van der Waals surface area contributed by atoms with Gasteiger partial charge in [-0.25, -0.2) is 0 Å². The number of aliphatic carboxylic acids is 1. The van der Waals surface area contributed by atoms with E-state index < -0.39 is 12.1 Å². The van der Waals surface area contributed by atoms with Crippen molar-refractivity contribution in [3.8, 4) is 5.75 Å². The first-order chi connectivity index (χ1) is 10.8. The summed E-state index contributed by atoms with van der Waals surface area (Å²) in [7, 11) is 0. The van der Waals surface area contributed by atoms with Crippen LogP contribution in [0, 0.1) is 10.7 Å². The summed E-state index contributed by atoms with van der Waals surface area (Å²) >= 11 is 6.22. The summed E-state index contributed by atoms with van der Waals surface area (Å²) < 4.78 is 7.79. The molecular weight excluding hydrogens is 662 g/mol. The summed E-state index contributed by atoms with van der Waals surface area (Å²) in [4.78, 5) is 23.5. The normalized spacial score (nSPS) is 11.4. The minimum Gasteiger partial charge on any atom is -0.546 e. The van der Waals surface area contributed by atoms with Gasteiger partial charge in [0.25, 0.3) is 5.91 Å². The predicted molar refractivity (Wildman–Crippen MR) is 112 cm³/mol. The second-order valence-corrected chi connectivity index (χ2v) is 8.20. The molecule has 1 aromatic carbocycles.